The minimum atomic E-state index is 1.15. The number of aryl methyl sites for hydroxylation is 1. The molecule has 0 aliphatic rings. The summed E-state index contributed by atoms with van der Waals surface area (Å²) in [4.78, 5) is 0. The van der Waals surface area contributed by atoms with E-state index in [1.165, 1.54) is 32.8 Å². The summed E-state index contributed by atoms with van der Waals surface area (Å²) in [6, 6.07) is 8.49. The van der Waals surface area contributed by atoms with Crippen molar-refractivity contribution in [3.8, 4) is 0 Å². The van der Waals surface area contributed by atoms with Gasteiger partial charge in [0.05, 0.1) is 16.7 Å². The van der Waals surface area contributed by atoms with Crippen molar-refractivity contribution >= 4 is 34.6 Å². The summed E-state index contributed by atoms with van der Waals surface area (Å²) in [5.41, 5.74) is 6.15. The lowest BCUT2D eigenvalue weighted by molar-refractivity contribution is 1.26. The maximum Gasteiger partial charge on any atom is 0.0577 e. The first-order chi connectivity index (χ1) is 10.2. The second kappa shape index (κ2) is 5.10. The van der Waals surface area contributed by atoms with Gasteiger partial charge in [0, 0.05) is 16.2 Å². The van der Waals surface area contributed by atoms with E-state index in [1.54, 1.807) is 0 Å². The first-order valence-electron chi connectivity index (χ1n) is 7.17. The summed E-state index contributed by atoms with van der Waals surface area (Å²) in [5, 5.41) is 2.49. The Kier molecular flexibility index (Phi) is 3.26. The normalized spacial score (nSPS) is 12.8. The van der Waals surface area contributed by atoms with Gasteiger partial charge in [-0.1, -0.05) is 55.7 Å². The van der Waals surface area contributed by atoms with Crippen molar-refractivity contribution in [1.82, 2.24) is 4.40 Å². The molecule has 1 nitrogen and oxygen atoms in total. The monoisotopic (exact) mass is 273 g/mol. The zero-order chi connectivity index (χ0) is 15.0. The van der Waals surface area contributed by atoms with Crippen molar-refractivity contribution in [1.29, 1.82) is 0 Å². The highest BCUT2D eigenvalue weighted by atomic mass is 14.9. The summed E-state index contributed by atoms with van der Waals surface area (Å²) in [6.45, 7) is 12.1. The molecule has 0 spiro atoms. The van der Waals surface area contributed by atoms with Crippen LogP contribution in [0.4, 0.5) is 0 Å². The van der Waals surface area contributed by atoms with Crippen LogP contribution in [0, 0.1) is 6.92 Å². The summed E-state index contributed by atoms with van der Waals surface area (Å²) in [7, 11) is 0. The van der Waals surface area contributed by atoms with Gasteiger partial charge >= 0.3 is 0 Å². The van der Waals surface area contributed by atoms with Crippen LogP contribution >= 0.6 is 0 Å². The fraction of sp³-hybridized carbons (Fsp3) is 0.100. The molecule has 0 radical (unpaired) electrons. The molecule has 1 aromatic carbocycles. The summed E-state index contributed by atoms with van der Waals surface area (Å²) < 4.78 is 2.31. The van der Waals surface area contributed by atoms with Gasteiger partial charge in [-0.2, -0.15) is 0 Å². The zero-order valence-corrected chi connectivity index (χ0v) is 12.6. The number of hydrogen-bond donors (Lipinski definition) is 0. The molecule has 0 saturated heterocycles. The minimum absolute atomic E-state index is 1.15. The highest BCUT2D eigenvalue weighted by molar-refractivity contribution is 5.94. The Labute approximate surface area is 125 Å². The Hall–Kier alpha value is -2.54. The number of fused-ring (bicyclic) bond motifs is 3. The molecule has 0 aliphatic carbocycles. The second-order valence-corrected chi connectivity index (χ2v) is 5.15. The van der Waals surface area contributed by atoms with Crippen molar-refractivity contribution < 1.29 is 0 Å². The molecular formula is C20H19N. The number of hydrogen-bond acceptors (Lipinski definition) is 0. The molecule has 21 heavy (non-hydrogen) atoms. The topological polar surface area (TPSA) is 4.41 Å². The van der Waals surface area contributed by atoms with Gasteiger partial charge in [0.2, 0.25) is 0 Å². The second-order valence-electron chi connectivity index (χ2n) is 5.15. The van der Waals surface area contributed by atoms with E-state index in [4.69, 9.17) is 0 Å². The number of benzene rings is 1. The third-order valence-corrected chi connectivity index (χ3v) is 4.00. The van der Waals surface area contributed by atoms with Crippen molar-refractivity contribution in [3.05, 3.63) is 71.6 Å². The molecule has 0 bridgehead atoms. The van der Waals surface area contributed by atoms with Crippen LogP contribution in [0.3, 0.4) is 0 Å². The fourth-order valence-corrected chi connectivity index (χ4v) is 3.19. The molecule has 0 unspecified atom stereocenters. The third-order valence-electron chi connectivity index (χ3n) is 4.00. The predicted octanol–water partition coefficient (Wildman–Crippen LogP) is 4.76. The molecule has 0 fully saturated rings. The van der Waals surface area contributed by atoms with Crippen LogP contribution in [-0.4, -0.2) is 4.40 Å². The molecule has 0 atom stereocenters. The average Bonchev–Trinajstić information content (AvgIpc) is 2.96. The van der Waals surface area contributed by atoms with Crippen LogP contribution in [0.15, 0.2) is 49.6 Å². The van der Waals surface area contributed by atoms with E-state index in [2.05, 4.69) is 67.0 Å². The predicted molar refractivity (Wildman–Crippen MR) is 94.3 cm³/mol. The van der Waals surface area contributed by atoms with Crippen LogP contribution < -0.4 is 5.22 Å². The molecular weight excluding hydrogens is 254 g/mol. The number of allylic oxidation sites excluding steroid dienone is 2. The number of para-hydroxylation sites is 1. The van der Waals surface area contributed by atoms with Crippen LogP contribution in [0.25, 0.3) is 34.6 Å². The average molecular weight is 273 g/mol. The molecule has 2 heterocycles. The SMILES string of the molecule is C=C/C=c1/c2ccccc2n2c(C=C)c(/C=C\C)c(C)c12. The van der Waals surface area contributed by atoms with Crippen molar-refractivity contribution in [2.75, 3.05) is 0 Å². The molecule has 3 aromatic rings. The van der Waals surface area contributed by atoms with E-state index >= 15 is 0 Å². The first kappa shape index (κ1) is 13.4. The number of aromatic nitrogens is 1. The summed E-state index contributed by atoms with van der Waals surface area (Å²) >= 11 is 0. The Bertz CT molecular complexity index is 936. The quantitative estimate of drug-likeness (QED) is 0.648. The van der Waals surface area contributed by atoms with E-state index in [-0.39, 0.29) is 0 Å². The van der Waals surface area contributed by atoms with E-state index in [0.717, 1.165) is 5.69 Å². The highest BCUT2D eigenvalue weighted by Gasteiger charge is 2.16. The Morgan fingerprint density at radius 2 is 1.90 bits per heavy atom. The zero-order valence-electron chi connectivity index (χ0n) is 12.6. The lowest BCUT2D eigenvalue weighted by Crippen LogP contribution is -1.98. The Morgan fingerprint density at radius 1 is 1.14 bits per heavy atom. The third kappa shape index (κ3) is 1.78. The van der Waals surface area contributed by atoms with Crippen molar-refractivity contribution in [2.24, 2.45) is 0 Å². The Morgan fingerprint density at radius 3 is 2.57 bits per heavy atom. The van der Waals surface area contributed by atoms with E-state index in [0.29, 0.717) is 0 Å². The molecule has 104 valence electrons. The molecule has 0 aliphatic heterocycles. The number of rotatable bonds is 3. The van der Waals surface area contributed by atoms with Gasteiger partial charge in [-0.15, -0.1) is 0 Å². The molecule has 1 heteroatoms. The summed E-state index contributed by atoms with van der Waals surface area (Å²) in [6.07, 6.45) is 10.1. The van der Waals surface area contributed by atoms with Gasteiger partial charge in [0.25, 0.3) is 0 Å². The standard InChI is InChI=1S/C20H19N/c1-5-10-15-14(4)20-17(11-6-2)16-12-8-9-13-19(16)21(20)18(15)7-3/h5-13H,2-3H2,1,4H3/b10-5-,17-11-. The van der Waals surface area contributed by atoms with Crippen LogP contribution in [0.2, 0.25) is 0 Å². The molecule has 3 rings (SSSR count). The molecule has 0 saturated carbocycles. The van der Waals surface area contributed by atoms with E-state index < -0.39 is 0 Å². The van der Waals surface area contributed by atoms with Gasteiger partial charge in [-0.25, -0.2) is 0 Å². The van der Waals surface area contributed by atoms with Crippen molar-refractivity contribution in [2.45, 2.75) is 13.8 Å². The van der Waals surface area contributed by atoms with Gasteiger partial charge in [-0.3, -0.25) is 0 Å². The van der Waals surface area contributed by atoms with E-state index in [1.807, 2.05) is 19.1 Å². The minimum Gasteiger partial charge on any atom is -0.308 e. The maximum absolute atomic E-state index is 4.01. The van der Waals surface area contributed by atoms with Gasteiger partial charge < -0.3 is 4.40 Å². The fourth-order valence-electron chi connectivity index (χ4n) is 3.19. The van der Waals surface area contributed by atoms with Crippen LogP contribution in [0.1, 0.15) is 23.7 Å². The highest BCUT2D eigenvalue weighted by Crippen LogP contribution is 2.28. The smallest absolute Gasteiger partial charge is 0.0577 e. The lowest BCUT2D eigenvalue weighted by Gasteiger charge is -1.98. The molecule has 0 amide bonds. The van der Waals surface area contributed by atoms with Crippen molar-refractivity contribution in [3.63, 3.8) is 0 Å². The van der Waals surface area contributed by atoms with Gasteiger partial charge in [0.1, 0.15) is 0 Å². The first-order valence-corrected chi connectivity index (χ1v) is 7.17. The lowest BCUT2D eigenvalue weighted by atomic mass is 10.1. The van der Waals surface area contributed by atoms with Crippen LogP contribution in [-0.2, 0) is 0 Å². The number of nitrogens with zero attached hydrogens (tertiary/aromatic N) is 1. The molecule has 0 N–H and O–H groups in total. The molecule has 2 aromatic heterocycles. The summed E-state index contributed by atoms with van der Waals surface area (Å²) in [5.74, 6) is 0. The maximum atomic E-state index is 4.01. The van der Waals surface area contributed by atoms with Gasteiger partial charge in [-0.05, 0) is 31.6 Å². The van der Waals surface area contributed by atoms with E-state index in [9.17, 15) is 0 Å². The van der Waals surface area contributed by atoms with Crippen LogP contribution in [0.5, 0.6) is 0 Å². The largest absolute Gasteiger partial charge is 0.308 e. The van der Waals surface area contributed by atoms with Gasteiger partial charge in [0.15, 0.2) is 0 Å². The Balaban J connectivity index is 2.69.